The summed E-state index contributed by atoms with van der Waals surface area (Å²) in [5.41, 5.74) is -1.09. The van der Waals surface area contributed by atoms with Crippen molar-refractivity contribution < 1.29 is 14.6 Å². The minimum Gasteiger partial charge on any atom is -0.505 e. The maximum Gasteiger partial charge on any atom is 0.151 e. The molecule has 0 aromatic rings. The molecule has 0 spiro atoms. The Balaban J connectivity index is 2.78. The Morgan fingerprint density at radius 1 is 1.53 bits per heavy atom. The predicted molar refractivity (Wildman–Crippen MR) is 58.2 cm³/mol. The van der Waals surface area contributed by atoms with Gasteiger partial charge in [0.2, 0.25) is 0 Å². The average molecular weight is 212 g/mol. The van der Waals surface area contributed by atoms with Gasteiger partial charge in [0.05, 0.1) is 13.4 Å². The fourth-order valence-electron chi connectivity index (χ4n) is 2.43. The molecular weight excluding hydrogens is 192 g/mol. The van der Waals surface area contributed by atoms with Gasteiger partial charge in [-0.2, -0.15) is 0 Å². The lowest BCUT2D eigenvalue weighted by molar-refractivity contribution is -0.147. The summed E-state index contributed by atoms with van der Waals surface area (Å²) in [7, 11) is 1.59. The molecule has 0 saturated heterocycles. The highest BCUT2D eigenvalue weighted by molar-refractivity contribution is 5.62. The molecule has 1 saturated carbocycles. The van der Waals surface area contributed by atoms with Crippen LogP contribution >= 0.6 is 0 Å². The molecule has 0 aromatic carbocycles. The van der Waals surface area contributed by atoms with Crippen LogP contribution in [0.25, 0.3) is 0 Å². The van der Waals surface area contributed by atoms with Crippen molar-refractivity contribution in [2.75, 3.05) is 7.11 Å². The summed E-state index contributed by atoms with van der Waals surface area (Å²) in [5.74, 6) is 0.189. The molecule has 0 aliphatic heterocycles. The average Bonchev–Trinajstić information content (AvgIpc) is 2.15. The molecule has 1 aliphatic carbocycles. The van der Waals surface area contributed by atoms with Gasteiger partial charge in [0.1, 0.15) is 5.60 Å². The molecule has 3 atom stereocenters. The fraction of sp³-hybridized carbons (Fsp3) is 0.750. The van der Waals surface area contributed by atoms with Gasteiger partial charge in [0.15, 0.2) is 6.29 Å². The number of carbonyl (C=O) groups is 1. The largest absolute Gasteiger partial charge is 0.505 e. The van der Waals surface area contributed by atoms with E-state index >= 15 is 0 Å². The van der Waals surface area contributed by atoms with E-state index in [1.807, 2.05) is 6.08 Å². The third-order valence-corrected chi connectivity index (χ3v) is 3.49. The first kappa shape index (κ1) is 12.2. The molecule has 0 radical (unpaired) electrons. The lowest BCUT2D eigenvalue weighted by Crippen LogP contribution is -2.54. The van der Waals surface area contributed by atoms with Crippen molar-refractivity contribution in [3.63, 3.8) is 0 Å². The van der Waals surface area contributed by atoms with Crippen LogP contribution in [0, 0.1) is 17.3 Å². The lowest BCUT2D eigenvalue weighted by Gasteiger charge is -2.54. The first-order valence-corrected chi connectivity index (χ1v) is 5.23. The van der Waals surface area contributed by atoms with E-state index in [1.165, 1.54) is 0 Å². The van der Waals surface area contributed by atoms with Crippen molar-refractivity contribution in [3.05, 3.63) is 12.3 Å². The Hall–Kier alpha value is -0.830. The second-order valence-electron chi connectivity index (χ2n) is 5.23. The Morgan fingerprint density at radius 2 is 2.13 bits per heavy atom. The molecule has 1 rings (SSSR count). The monoisotopic (exact) mass is 212 g/mol. The number of aldehydes is 1. The zero-order valence-electron chi connectivity index (χ0n) is 9.86. The second-order valence-corrected chi connectivity index (χ2v) is 5.23. The quantitative estimate of drug-likeness (QED) is 0.570. The third kappa shape index (κ3) is 2.23. The molecule has 0 heterocycles. The van der Waals surface area contributed by atoms with Crippen molar-refractivity contribution in [1.29, 1.82) is 0 Å². The number of carbonyl (C=O) groups excluding carboxylic acids is 1. The van der Waals surface area contributed by atoms with E-state index in [0.717, 1.165) is 6.42 Å². The number of aliphatic hydroxyl groups is 1. The zero-order valence-corrected chi connectivity index (χ0v) is 9.86. The maximum atomic E-state index is 10.8. The van der Waals surface area contributed by atoms with E-state index in [-0.39, 0.29) is 17.3 Å². The van der Waals surface area contributed by atoms with E-state index in [1.54, 1.807) is 20.3 Å². The Morgan fingerprint density at radius 3 is 2.53 bits per heavy atom. The SMILES string of the molecule is CO/C=C/[C@@H]1[C@@H]([C@@](C)(O)C=O)CC1(C)C. The number of hydrogen-bond donors (Lipinski definition) is 1. The molecule has 15 heavy (non-hydrogen) atoms. The molecule has 1 N–H and O–H groups in total. The molecule has 1 fully saturated rings. The van der Waals surface area contributed by atoms with Gasteiger partial charge in [0.25, 0.3) is 0 Å². The number of methoxy groups -OCH3 is 1. The normalized spacial score (nSPS) is 33.1. The van der Waals surface area contributed by atoms with Crippen molar-refractivity contribution in [2.24, 2.45) is 17.3 Å². The lowest BCUT2D eigenvalue weighted by atomic mass is 9.51. The van der Waals surface area contributed by atoms with Crippen LogP contribution in [0.3, 0.4) is 0 Å². The van der Waals surface area contributed by atoms with Crippen LogP contribution in [0.1, 0.15) is 27.2 Å². The molecule has 0 bridgehead atoms. The van der Waals surface area contributed by atoms with E-state index in [0.29, 0.717) is 6.29 Å². The Kier molecular flexibility index (Phi) is 3.24. The topological polar surface area (TPSA) is 46.5 Å². The number of hydrogen-bond acceptors (Lipinski definition) is 3. The number of ether oxygens (including phenoxy) is 1. The molecule has 1 aliphatic rings. The second kappa shape index (κ2) is 3.97. The Labute approximate surface area is 91.1 Å². The summed E-state index contributed by atoms with van der Waals surface area (Å²) in [5, 5.41) is 9.90. The number of allylic oxidation sites excluding steroid dienone is 1. The smallest absolute Gasteiger partial charge is 0.151 e. The van der Waals surface area contributed by atoms with Crippen molar-refractivity contribution >= 4 is 6.29 Å². The molecule has 0 aromatic heterocycles. The summed E-state index contributed by atoms with van der Waals surface area (Å²) >= 11 is 0. The van der Waals surface area contributed by atoms with Gasteiger partial charge in [-0.25, -0.2) is 0 Å². The van der Waals surface area contributed by atoms with Gasteiger partial charge in [-0.05, 0) is 30.8 Å². The predicted octanol–water partition coefficient (Wildman–Crippen LogP) is 1.76. The standard InChI is InChI=1S/C12H20O3/c1-11(2)7-10(12(3,14)8-13)9(11)5-6-15-4/h5-6,8-10,14H,7H2,1-4H3/b6-5+/t9-,10+,12+/m1/s1. The van der Waals surface area contributed by atoms with E-state index in [4.69, 9.17) is 4.74 Å². The summed E-state index contributed by atoms with van der Waals surface area (Å²) in [6, 6.07) is 0. The molecule has 86 valence electrons. The van der Waals surface area contributed by atoms with Crippen LogP contribution in [0.5, 0.6) is 0 Å². The highest BCUT2D eigenvalue weighted by Crippen LogP contribution is 2.55. The highest BCUT2D eigenvalue weighted by atomic mass is 16.5. The van der Waals surface area contributed by atoms with Gasteiger partial charge < -0.3 is 14.6 Å². The molecule has 0 amide bonds. The van der Waals surface area contributed by atoms with E-state index in [9.17, 15) is 9.90 Å². The summed E-state index contributed by atoms with van der Waals surface area (Å²) in [4.78, 5) is 10.8. The van der Waals surface area contributed by atoms with Crippen molar-refractivity contribution in [2.45, 2.75) is 32.8 Å². The van der Waals surface area contributed by atoms with Gasteiger partial charge >= 0.3 is 0 Å². The highest BCUT2D eigenvalue weighted by Gasteiger charge is 2.53. The molecule has 0 unspecified atom stereocenters. The molecular formula is C12H20O3. The summed E-state index contributed by atoms with van der Waals surface area (Å²) in [6.45, 7) is 5.84. The van der Waals surface area contributed by atoms with Crippen LogP contribution < -0.4 is 0 Å². The fourth-order valence-corrected chi connectivity index (χ4v) is 2.43. The van der Waals surface area contributed by atoms with Crippen LogP contribution in [0.2, 0.25) is 0 Å². The van der Waals surface area contributed by atoms with Gasteiger partial charge in [0, 0.05) is 5.92 Å². The maximum absolute atomic E-state index is 10.8. The van der Waals surface area contributed by atoms with E-state index < -0.39 is 5.60 Å². The van der Waals surface area contributed by atoms with Gasteiger partial charge in [-0.15, -0.1) is 0 Å². The number of rotatable bonds is 4. The van der Waals surface area contributed by atoms with Crippen LogP contribution in [-0.2, 0) is 9.53 Å². The van der Waals surface area contributed by atoms with Crippen LogP contribution in [-0.4, -0.2) is 24.1 Å². The minimum absolute atomic E-state index is 0.00333. The third-order valence-electron chi connectivity index (χ3n) is 3.49. The zero-order chi connectivity index (χ0) is 11.7. The van der Waals surface area contributed by atoms with Crippen molar-refractivity contribution in [3.8, 4) is 0 Å². The summed E-state index contributed by atoms with van der Waals surface area (Å²) < 4.78 is 4.89. The van der Waals surface area contributed by atoms with Gasteiger partial charge in [-0.1, -0.05) is 13.8 Å². The van der Waals surface area contributed by atoms with Crippen LogP contribution in [0.4, 0.5) is 0 Å². The first-order chi connectivity index (χ1) is 6.85. The molecule has 3 nitrogen and oxygen atoms in total. The van der Waals surface area contributed by atoms with Gasteiger partial charge in [-0.3, -0.25) is 0 Å². The first-order valence-electron chi connectivity index (χ1n) is 5.23. The van der Waals surface area contributed by atoms with Crippen LogP contribution in [0.15, 0.2) is 12.3 Å². The minimum atomic E-state index is -1.22. The Bertz CT molecular complexity index is 266. The van der Waals surface area contributed by atoms with Crippen molar-refractivity contribution in [1.82, 2.24) is 0 Å². The van der Waals surface area contributed by atoms with E-state index in [2.05, 4.69) is 13.8 Å². The summed E-state index contributed by atoms with van der Waals surface area (Å²) in [6.07, 6.45) is 5.06. The molecule has 3 heteroatoms.